The molecule has 0 saturated carbocycles. The molecule has 0 unspecified atom stereocenters. The average molecular weight is 614 g/mol. The van der Waals surface area contributed by atoms with Crippen LogP contribution in [0, 0.1) is 12.3 Å². The smallest absolute Gasteiger partial charge is 0.337 e. The summed E-state index contributed by atoms with van der Waals surface area (Å²) in [7, 11) is 0. The van der Waals surface area contributed by atoms with Crippen molar-refractivity contribution in [2.45, 2.75) is 91.3 Å². The van der Waals surface area contributed by atoms with Crippen LogP contribution in [0.3, 0.4) is 0 Å². The Labute approximate surface area is 263 Å². The Morgan fingerprint density at radius 2 is 1.89 bits per heavy atom. The lowest BCUT2D eigenvalue weighted by Gasteiger charge is -2.40. The molecule has 1 aromatic carbocycles. The maximum Gasteiger partial charge on any atom is 0.337 e. The van der Waals surface area contributed by atoms with Crippen LogP contribution in [0.2, 0.25) is 0 Å². The molecule has 8 nitrogen and oxygen atoms in total. The van der Waals surface area contributed by atoms with E-state index in [9.17, 15) is 9.90 Å². The van der Waals surface area contributed by atoms with Gasteiger partial charge in [0.05, 0.1) is 11.2 Å². The van der Waals surface area contributed by atoms with Gasteiger partial charge in [0.15, 0.2) is 11.8 Å². The maximum atomic E-state index is 12.7. The number of hydrogen-bond acceptors (Lipinski definition) is 7. The molecule has 3 aliphatic rings. The molecule has 1 fully saturated rings. The van der Waals surface area contributed by atoms with Crippen LogP contribution >= 0.6 is 11.3 Å². The van der Waals surface area contributed by atoms with Crippen LogP contribution in [0.4, 0.5) is 5.82 Å². The Morgan fingerprint density at radius 1 is 1.14 bits per heavy atom. The third-order valence-corrected chi connectivity index (χ3v) is 9.83. The minimum absolute atomic E-state index is 0.0892. The van der Waals surface area contributed by atoms with E-state index >= 15 is 0 Å². The second-order valence-electron chi connectivity index (χ2n) is 13.5. The number of anilines is 1. The lowest BCUT2D eigenvalue weighted by atomic mass is 9.79. The Hall–Kier alpha value is -3.56. The number of benzene rings is 1. The third-order valence-electron chi connectivity index (χ3n) is 8.81. The fraction of sp³-hybridized carbons (Fsp3) is 0.486. The second-order valence-corrected chi connectivity index (χ2v) is 14.7. The van der Waals surface area contributed by atoms with Crippen LogP contribution in [0.5, 0.6) is 0 Å². The summed E-state index contributed by atoms with van der Waals surface area (Å²) in [5.74, 6) is -0.282. The predicted molar refractivity (Wildman–Crippen MR) is 176 cm³/mol. The monoisotopic (exact) mass is 613 g/mol. The Bertz CT molecular complexity index is 1690. The van der Waals surface area contributed by atoms with Crippen molar-refractivity contribution in [1.29, 1.82) is 0 Å². The Balaban J connectivity index is 1.49. The molecule has 7 rings (SSSR count). The molecule has 3 aliphatic heterocycles. The Kier molecular flexibility index (Phi) is 8.37. The van der Waals surface area contributed by atoms with Gasteiger partial charge in [-0.05, 0) is 82.8 Å². The number of hydrogen-bond donors (Lipinski definition) is 1. The number of rotatable bonds is 3. The summed E-state index contributed by atoms with van der Waals surface area (Å²) in [5.41, 5.74) is 4.80. The Morgan fingerprint density at radius 3 is 2.61 bits per heavy atom. The number of carboxylic acids is 1. The van der Waals surface area contributed by atoms with Gasteiger partial charge < -0.3 is 14.7 Å². The zero-order valence-electron chi connectivity index (χ0n) is 26.5. The maximum absolute atomic E-state index is 12.7. The summed E-state index contributed by atoms with van der Waals surface area (Å²) in [5, 5.41) is 16.3. The van der Waals surface area contributed by atoms with Crippen LogP contribution in [0.25, 0.3) is 16.3 Å². The van der Waals surface area contributed by atoms with E-state index in [0.717, 1.165) is 68.1 Å². The molecule has 0 spiro atoms. The highest BCUT2D eigenvalue weighted by Crippen LogP contribution is 2.40. The number of carbonyl (C=O) groups is 1. The molecule has 0 aliphatic carbocycles. The first-order valence-electron chi connectivity index (χ1n) is 15.8. The van der Waals surface area contributed by atoms with Crippen molar-refractivity contribution in [3.05, 3.63) is 75.9 Å². The largest absolute Gasteiger partial charge is 0.479 e. The van der Waals surface area contributed by atoms with E-state index in [-0.39, 0.29) is 5.41 Å². The molecule has 9 heteroatoms. The van der Waals surface area contributed by atoms with Crippen LogP contribution < -0.4 is 4.90 Å². The fourth-order valence-electron chi connectivity index (χ4n) is 6.43. The third kappa shape index (κ3) is 6.44. The molecule has 1 saturated heterocycles. The van der Waals surface area contributed by atoms with Gasteiger partial charge in [0.2, 0.25) is 0 Å². The molecule has 3 aromatic heterocycles. The van der Waals surface area contributed by atoms with Gasteiger partial charge in [-0.15, -0.1) is 11.3 Å². The summed E-state index contributed by atoms with van der Waals surface area (Å²) in [6.45, 7) is 11.4. The average Bonchev–Trinajstić information content (AvgIpc) is 3.60. The van der Waals surface area contributed by atoms with Crippen molar-refractivity contribution >= 4 is 28.8 Å². The summed E-state index contributed by atoms with van der Waals surface area (Å²) >= 11 is 1.65. The van der Waals surface area contributed by atoms with Crippen molar-refractivity contribution in [3.8, 4) is 10.7 Å². The van der Waals surface area contributed by atoms with E-state index in [2.05, 4.69) is 48.2 Å². The van der Waals surface area contributed by atoms with Crippen molar-refractivity contribution < 1.29 is 14.6 Å². The highest BCUT2D eigenvalue weighted by Gasteiger charge is 2.37. The second kappa shape index (κ2) is 12.1. The minimum atomic E-state index is -1.18. The van der Waals surface area contributed by atoms with E-state index in [1.54, 1.807) is 11.3 Å². The molecule has 4 aromatic rings. The first-order chi connectivity index (χ1) is 21.0. The summed E-state index contributed by atoms with van der Waals surface area (Å²) in [6.07, 6.45) is 12.8. The number of fused-ring (bicyclic) bond motifs is 6. The normalized spacial score (nSPS) is 18.7. The lowest BCUT2D eigenvalue weighted by Crippen LogP contribution is -2.40. The molecular formula is C35H43N5O3S. The van der Waals surface area contributed by atoms with Crippen molar-refractivity contribution in [1.82, 2.24) is 19.6 Å². The first kappa shape index (κ1) is 30.5. The van der Waals surface area contributed by atoms with E-state index in [4.69, 9.17) is 19.8 Å². The molecule has 1 N–H and O–H groups in total. The number of piperidine rings is 1. The molecule has 0 radical (unpaired) electrons. The van der Waals surface area contributed by atoms with Gasteiger partial charge >= 0.3 is 5.97 Å². The van der Waals surface area contributed by atoms with Gasteiger partial charge in [-0.3, -0.25) is 0 Å². The topological polar surface area (TPSA) is 92.8 Å². The van der Waals surface area contributed by atoms with E-state index < -0.39 is 17.7 Å². The van der Waals surface area contributed by atoms with E-state index in [0.29, 0.717) is 16.9 Å². The molecule has 232 valence electrons. The van der Waals surface area contributed by atoms with Crippen molar-refractivity contribution in [3.63, 3.8) is 0 Å². The van der Waals surface area contributed by atoms with Gasteiger partial charge in [0.1, 0.15) is 16.5 Å². The van der Waals surface area contributed by atoms with Crippen molar-refractivity contribution in [2.75, 3.05) is 18.0 Å². The molecule has 6 bridgehead atoms. The number of aromatic nitrogens is 4. The molecule has 1 atom stereocenters. The van der Waals surface area contributed by atoms with Crippen LogP contribution in [-0.2, 0) is 22.4 Å². The number of nitrogens with zero attached hydrogens (tertiary/aromatic N) is 5. The number of aliphatic carboxylic acids is 1. The quantitative estimate of drug-likeness (QED) is 0.238. The molecular weight excluding hydrogens is 570 g/mol. The number of thiazole rings is 1. The van der Waals surface area contributed by atoms with E-state index in [1.807, 2.05) is 44.5 Å². The SMILES string of the molecule is Cc1nc2cc3nn2c(c1[C@H](OC(C)(C)C)C(=O)O)N1CCC(C)(/C=C/CCCCc2ccccc2Cc2cnc-3s2)CC1. The van der Waals surface area contributed by atoms with Gasteiger partial charge in [0.25, 0.3) is 0 Å². The van der Waals surface area contributed by atoms with Crippen LogP contribution in [0.15, 0.2) is 48.7 Å². The number of aryl methyl sites for hydroxylation is 2. The summed E-state index contributed by atoms with van der Waals surface area (Å²) in [4.78, 5) is 25.9. The first-order valence-corrected chi connectivity index (χ1v) is 16.6. The highest BCUT2D eigenvalue weighted by atomic mass is 32.1. The van der Waals surface area contributed by atoms with E-state index in [1.165, 1.54) is 22.4 Å². The minimum Gasteiger partial charge on any atom is -0.479 e. The fourth-order valence-corrected chi connectivity index (χ4v) is 7.32. The zero-order valence-corrected chi connectivity index (χ0v) is 27.3. The van der Waals surface area contributed by atoms with Crippen molar-refractivity contribution in [2.24, 2.45) is 5.41 Å². The highest BCUT2D eigenvalue weighted by molar-refractivity contribution is 7.15. The molecule has 44 heavy (non-hydrogen) atoms. The van der Waals surface area contributed by atoms with Gasteiger partial charge in [-0.25, -0.2) is 14.8 Å². The van der Waals surface area contributed by atoms with Gasteiger partial charge in [-0.1, -0.05) is 43.3 Å². The number of ether oxygens (including phenoxy) is 1. The van der Waals surface area contributed by atoms with Gasteiger partial charge in [-0.2, -0.15) is 9.61 Å². The lowest BCUT2D eigenvalue weighted by molar-refractivity contribution is -0.160. The number of allylic oxidation sites excluding steroid dienone is 2. The van der Waals surface area contributed by atoms with Crippen LogP contribution in [0.1, 0.15) is 93.2 Å². The van der Waals surface area contributed by atoms with Crippen LogP contribution in [-0.4, -0.2) is 49.3 Å². The summed E-state index contributed by atoms with van der Waals surface area (Å²) < 4.78 is 8.02. The molecule has 6 heterocycles. The van der Waals surface area contributed by atoms with Gasteiger partial charge in [0, 0.05) is 42.3 Å². The molecule has 0 amide bonds. The number of carboxylic acid groups (broad SMARTS) is 1. The zero-order chi connectivity index (χ0) is 31.1. The predicted octanol–water partition coefficient (Wildman–Crippen LogP) is 7.58. The standard InChI is InChI=1S/C35H43N5O3S/c1-23-29(30(33(41)42)43-34(2,3)4)32-39-18-16-35(5,17-19-39)15-11-7-6-8-12-24-13-9-10-14-25(24)20-26-22-36-31(44-26)27-21-28(37-23)40(32)38-27/h9-11,13-15,21-22,30H,6-8,12,16-20H2,1-5H3,(H,41,42)/b15-11+/t30-/m0/s1. The summed E-state index contributed by atoms with van der Waals surface area (Å²) in [6, 6.07) is 10.7.